The number of para-hydroxylation sites is 1. The molecule has 9 heteroatoms. The number of carbonyl (C=O) groups excluding carboxylic acids is 1. The summed E-state index contributed by atoms with van der Waals surface area (Å²) >= 11 is 1.33. The number of thioether (sulfide) groups is 1. The van der Waals surface area contributed by atoms with Crippen molar-refractivity contribution in [3.8, 4) is 5.69 Å². The van der Waals surface area contributed by atoms with Crippen LogP contribution in [0.1, 0.15) is 0 Å². The minimum absolute atomic E-state index is 0.234. The zero-order valence-corrected chi connectivity index (χ0v) is 13.2. The molecule has 3 heterocycles. The summed E-state index contributed by atoms with van der Waals surface area (Å²) in [7, 11) is 0. The molecule has 1 fully saturated rings. The Balaban J connectivity index is 1.65. The zero-order chi connectivity index (χ0) is 16.5. The molecule has 0 spiro atoms. The number of hydrogen-bond donors (Lipinski definition) is 2. The van der Waals surface area contributed by atoms with Crippen molar-refractivity contribution in [2.75, 3.05) is 12.3 Å². The molecule has 8 nitrogen and oxygen atoms in total. The van der Waals surface area contributed by atoms with Gasteiger partial charge in [-0.25, -0.2) is 14.5 Å². The highest BCUT2D eigenvalue weighted by atomic mass is 32.2. The molecule has 122 valence electrons. The van der Waals surface area contributed by atoms with Gasteiger partial charge in [-0.2, -0.15) is 5.10 Å². The average molecular weight is 343 g/mol. The summed E-state index contributed by atoms with van der Waals surface area (Å²) in [4.78, 5) is 30.5. The van der Waals surface area contributed by atoms with E-state index in [-0.39, 0.29) is 11.7 Å². The fourth-order valence-electron chi connectivity index (χ4n) is 2.42. The first kappa shape index (κ1) is 14.8. The number of amides is 1. The summed E-state index contributed by atoms with van der Waals surface area (Å²) in [6.07, 6.45) is 0.854. The van der Waals surface area contributed by atoms with Crippen LogP contribution < -0.4 is 10.9 Å². The predicted molar refractivity (Wildman–Crippen MR) is 88.5 cm³/mol. The molecular weight excluding hydrogens is 330 g/mol. The Morgan fingerprint density at radius 2 is 2.12 bits per heavy atom. The first-order chi connectivity index (χ1) is 11.7. The van der Waals surface area contributed by atoms with Crippen LogP contribution in [-0.2, 0) is 4.74 Å². The highest BCUT2D eigenvalue weighted by Gasteiger charge is 2.23. The molecule has 0 bridgehead atoms. The van der Waals surface area contributed by atoms with Crippen LogP contribution in [0, 0.1) is 0 Å². The van der Waals surface area contributed by atoms with E-state index in [9.17, 15) is 9.59 Å². The maximum atomic E-state index is 12.2. The molecule has 2 aromatic heterocycles. The van der Waals surface area contributed by atoms with E-state index in [0.29, 0.717) is 28.5 Å². The second-order valence-corrected chi connectivity index (χ2v) is 6.23. The van der Waals surface area contributed by atoms with E-state index in [0.717, 1.165) is 5.69 Å². The van der Waals surface area contributed by atoms with E-state index in [1.54, 1.807) is 4.68 Å². The number of H-pyrrole nitrogens is 1. The molecule has 0 saturated carbocycles. The van der Waals surface area contributed by atoms with E-state index in [1.165, 1.54) is 18.0 Å². The number of alkyl carbamates (subject to hydrolysis) is 1. The van der Waals surface area contributed by atoms with Gasteiger partial charge < -0.3 is 15.0 Å². The van der Waals surface area contributed by atoms with E-state index >= 15 is 0 Å². The Bertz CT molecular complexity index is 953. The van der Waals surface area contributed by atoms with Crippen LogP contribution in [0.15, 0.2) is 46.5 Å². The average Bonchev–Trinajstić information content (AvgIpc) is 3.20. The Labute approximate surface area is 140 Å². The third-order valence-corrected chi connectivity index (χ3v) is 4.58. The van der Waals surface area contributed by atoms with Crippen molar-refractivity contribution >= 4 is 28.9 Å². The molecule has 24 heavy (non-hydrogen) atoms. The van der Waals surface area contributed by atoms with Gasteiger partial charge >= 0.3 is 6.09 Å². The number of cyclic esters (lactones) is 1. The van der Waals surface area contributed by atoms with Crippen LogP contribution >= 0.6 is 11.8 Å². The molecule has 0 unspecified atom stereocenters. The molecule has 2 N–H and O–H groups in total. The second-order valence-electron chi connectivity index (χ2n) is 5.22. The molecule has 0 aliphatic carbocycles. The topological polar surface area (TPSA) is 102 Å². The molecule has 0 radical (unpaired) electrons. The predicted octanol–water partition coefficient (Wildman–Crippen LogP) is 1.31. The Hall–Kier alpha value is -2.81. The number of aromatic nitrogens is 4. The fourth-order valence-corrected chi connectivity index (χ4v) is 3.27. The minimum Gasteiger partial charge on any atom is -0.443 e. The number of carbonyl (C=O) groups is 1. The van der Waals surface area contributed by atoms with E-state index in [1.807, 2.05) is 30.3 Å². The molecule has 1 atom stereocenters. The number of fused-ring (bicyclic) bond motifs is 1. The molecule has 1 aliphatic rings. The number of rotatable bonds is 4. The van der Waals surface area contributed by atoms with Gasteiger partial charge in [-0.1, -0.05) is 30.0 Å². The van der Waals surface area contributed by atoms with E-state index < -0.39 is 6.09 Å². The number of nitrogens with zero attached hydrogens (tertiary/aromatic N) is 3. The smallest absolute Gasteiger partial charge is 0.407 e. The van der Waals surface area contributed by atoms with Crippen LogP contribution in [-0.4, -0.2) is 44.2 Å². The standard InChI is InChI=1S/C15H13N5O3S/c21-13-11-7-17-20(9-4-2-1-3-5-9)12(11)18-14(19-13)24-8-10-6-16-15(22)23-10/h1-5,7,10H,6,8H2,(H,16,22)(H,18,19,21)/t10-/m1/s1. The lowest BCUT2D eigenvalue weighted by atomic mass is 10.3. The maximum absolute atomic E-state index is 12.2. The van der Waals surface area contributed by atoms with Crippen LogP contribution in [0.4, 0.5) is 4.79 Å². The fraction of sp³-hybridized carbons (Fsp3) is 0.200. The van der Waals surface area contributed by atoms with E-state index in [4.69, 9.17) is 4.74 Å². The van der Waals surface area contributed by atoms with Crippen LogP contribution in [0.5, 0.6) is 0 Å². The van der Waals surface area contributed by atoms with Gasteiger partial charge in [0.05, 0.1) is 18.4 Å². The highest BCUT2D eigenvalue weighted by molar-refractivity contribution is 7.99. The molecule has 1 amide bonds. The largest absolute Gasteiger partial charge is 0.443 e. The van der Waals surface area contributed by atoms with Gasteiger partial charge in [-0.3, -0.25) is 4.79 Å². The first-order valence-electron chi connectivity index (χ1n) is 7.31. The van der Waals surface area contributed by atoms with Crippen LogP contribution in [0.3, 0.4) is 0 Å². The van der Waals surface area contributed by atoms with Gasteiger partial charge in [0.15, 0.2) is 10.8 Å². The SMILES string of the molecule is O=C1NC[C@H](CSc2nc3c(cnn3-c3ccccc3)c(=O)[nH]2)O1. The number of hydrogen-bond acceptors (Lipinski definition) is 6. The van der Waals surface area contributed by atoms with Crippen molar-refractivity contribution in [2.24, 2.45) is 0 Å². The summed E-state index contributed by atoms with van der Waals surface area (Å²) in [5, 5.41) is 7.75. The van der Waals surface area contributed by atoms with E-state index in [2.05, 4.69) is 20.4 Å². The van der Waals surface area contributed by atoms with Gasteiger partial charge in [-0.15, -0.1) is 0 Å². The minimum atomic E-state index is -0.417. The van der Waals surface area contributed by atoms with Crippen molar-refractivity contribution in [3.05, 3.63) is 46.9 Å². The summed E-state index contributed by atoms with van der Waals surface area (Å²) in [6, 6.07) is 9.49. The van der Waals surface area contributed by atoms with Crippen LogP contribution in [0.2, 0.25) is 0 Å². The number of benzene rings is 1. The lowest BCUT2D eigenvalue weighted by molar-refractivity contribution is 0.150. The number of aromatic amines is 1. The lowest BCUT2D eigenvalue weighted by Gasteiger charge is -2.07. The molecule has 3 aromatic rings. The number of nitrogens with one attached hydrogen (secondary N) is 2. The van der Waals surface area contributed by atoms with Crippen molar-refractivity contribution in [3.63, 3.8) is 0 Å². The summed E-state index contributed by atoms with van der Waals surface area (Å²) in [5.74, 6) is 0.507. The van der Waals surface area contributed by atoms with Gasteiger partial charge in [0.2, 0.25) is 0 Å². The van der Waals surface area contributed by atoms with Gasteiger partial charge in [0.25, 0.3) is 5.56 Å². The quantitative estimate of drug-likeness (QED) is 0.547. The molecule has 1 aromatic carbocycles. The molecule has 1 aliphatic heterocycles. The monoisotopic (exact) mass is 343 g/mol. The Morgan fingerprint density at radius 3 is 2.88 bits per heavy atom. The third-order valence-electron chi connectivity index (χ3n) is 3.57. The second kappa shape index (κ2) is 6.00. The lowest BCUT2D eigenvalue weighted by Crippen LogP contribution is -2.17. The molecule has 1 saturated heterocycles. The normalized spacial score (nSPS) is 17.0. The van der Waals surface area contributed by atoms with Crippen molar-refractivity contribution in [2.45, 2.75) is 11.3 Å². The summed E-state index contributed by atoms with van der Waals surface area (Å²) < 4.78 is 6.70. The van der Waals surface area contributed by atoms with Gasteiger partial charge in [0, 0.05) is 5.75 Å². The van der Waals surface area contributed by atoms with Crippen molar-refractivity contribution in [1.29, 1.82) is 0 Å². The maximum Gasteiger partial charge on any atom is 0.407 e. The Kier molecular flexibility index (Phi) is 3.69. The Morgan fingerprint density at radius 1 is 1.29 bits per heavy atom. The zero-order valence-electron chi connectivity index (χ0n) is 12.4. The summed E-state index contributed by atoms with van der Waals surface area (Å²) in [5.41, 5.74) is 1.08. The first-order valence-corrected chi connectivity index (χ1v) is 8.30. The van der Waals surface area contributed by atoms with Gasteiger partial charge in [-0.05, 0) is 12.1 Å². The van der Waals surface area contributed by atoms with Crippen molar-refractivity contribution < 1.29 is 9.53 Å². The van der Waals surface area contributed by atoms with Crippen molar-refractivity contribution in [1.82, 2.24) is 25.1 Å². The third kappa shape index (κ3) is 2.73. The van der Waals surface area contributed by atoms with Crippen LogP contribution in [0.25, 0.3) is 16.7 Å². The number of ether oxygens (including phenoxy) is 1. The molecule has 4 rings (SSSR count). The molecular formula is C15H13N5O3S. The highest BCUT2D eigenvalue weighted by Crippen LogP contribution is 2.19. The van der Waals surface area contributed by atoms with Gasteiger partial charge in [0.1, 0.15) is 11.5 Å². The summed E-state index contributed by atoms with van der Waals surface area (Å²) in [6.45, 7) is 0.459.